The van der Waals surface area contributed by atoms with Gasteiger partial charge in [-0.15, -0.1) is 0 Å². The van der Waals surface area contributed by atoms with Gasteiger partial charge >= 0.3 is 0 Å². The van der Waals surface area contributed by atoms with Crippen LogP contribution in [0.3, 0.4) is 0 Å². The molecule has 2 heterocycles. The van der Waals surface area contributed by atoms with Gasteiger partial charge < -0.3 is 10.3 Å². The molecule has 0 fully saturated rings. The Morgan fingerprint density at radius 1 is 1.39 bits per heavy atom. The zero-order chi connectivity index (χ0) is 13.2. The van der Waals surface area contributed by atoms with Crippen molar-refractivity contribution in [1.29, 1.82) is 0 Å². The van der Waals surface area contributed by atoms with E-state index in [9.17, 15) is 0 Å². The van der Waals surface area contributed by atoms with Crippen LogP contribution in [0.1, 0.15) is 26.6 Å². The maximum atomic E-state index is 4.40. The molecule has 2 N–H and O–H groups in total. The molecule has 0 radical (unpaired) electrons. The zero-order valence-electron chi connectivity index (χ0n) is 11.5. The Morgan fingerprint density at radius 3 is 2.78 bits per heavy atom. The predicted octanol–water partition coefficient (Wildman–Crippen LogP) is 1.74. The first-order valence-corrected chi connectivity index (χ1v) is 6.23. The molecule has 0 aliphatic rings. The Morgan fingerprint density at radius 2 is 2.17 bits per heavy atom. The van der Waals surface area contributed by atoms with E-state index >= 15 is 0 Å². The van der Waals surface area contributed by atoms with Crippen molar-refractivity contribution in [1.82, 2.24) is 25.1 Å². The number of aromatic nitrogens is 4. The minimum absolute atomic E-state index is 0.150. The Hall–Kier alpha value is -1.62. The van der Waals surface area contributed by atoms with Gasteiger partial charge in [0.2, 0.25) is 0 Å². The zero-order valence-corrected chi connectivity index (χ0v) is 11.5. The molecule has 0 aliphatic carbocycles. The van der Waals surface area contributed by atoms with Gasteiger partial charge in [0.05, 0.1) is 17.6 Å². The van der Waals surface area contributed by atoms with Crippen LogP contribution in [0.2, 0.25) is 0 Å². The van der Waals surface area contributed by atoms with Crippen molar-refractivity contribution >= 4 is 0 Å². The minimum Gasteiger partial charge on any atom is -0.341 e. The van der Waals surface area contributed by atoms with Gasteiger partial charge in [-0.25, -0.2) is 4.98 Å². The fourth-order valence-corrected chi connectivity index (χ4v) is 1.81. The third-order valence-corrected chi connectivity index (χ3v) is 2.74. The fourth-order valence-electron chi connectivity index (χ4n) is 1.81. The summed E-state index contributed by atoms with van der Waals surface area (Å²) < 4.78 is 1.84. The van der Waals surface area contributed by atoms with Gasteiger partial charge in [0.1, 0.15) is 5.82 Å². The Labute approximate surface area is 108 Å². The van der Waals surface area contributed by atoms with E-state index < -0.39 is 0 Å². The van der Waals surface area contributed by atoms with Gasteiger partial charge in [0, 0.05) is 31.7 Å². The van der Waals surface area contributed by atoms with Gasteiger partial charge in [0.15, 0.2) is 0 Å². The van der Waals surface area contributed by atoms with E-state index in [1.807, 2.05) is 24.0 Å². The van der Waals surface area contributed by atoms with Gasteiger partial charge in [0.25, 0.3) is 0 Å². The smallest absolute Gasteiger partial charge is 0.107 e. The molecule has 0 amide bonds. The van der Waals surface area contributed by atoms with Gasteiger partial charge in [-0.1, -0.05) is 0 Å². The first kappa shape index (κ1) is 12.8. The molecular formula is C13H21N5. The monoisotopic (exact) mass is 247 g/mol. The number of H-pyrrole nitrogens is 1. The lowest BCUT2D eigenvalue weighted by Crippen LogP contribution is -2.37. The van der Waals surface area contributed by atoms with E-state index in [1.54, 1.807) is 6.20 Å². The highest BCUT2D eigenvalue weighted by atomic mass is 15.3. The topological polar surface area (TPSA) is 58.5 Å². The Balaban J connectivity index is 1.97. The number of nitrogens with zero attached hydrogens (tertiary/aromatic N) is 3. The summed E-state index contributed by atoms with van der Waals surface area (Å²) >= 11 is 0. The number of aryl methyl sites for hydroxylation is 1. The summed E-state index contributed by atoms with van der Waals surface area (Å²) in [6.07, 6.45) is 4.55. The SMILES string of the molecule is Cn1nccc1-c1cnc(CCNC(C)(C)C)[nH]1. The molecule has 0 bridgehead atoms. The second kappa shape index (κ2) is 4.94. The molecule has 0 spiro atoms. The molecule has 0 aliphatic heterocycles. The van der Waals surface area contributed by atoms with Crippen molar-refractivity contribution in [3.63, 3.8) is 0 Å². The first-order chi connectivity index (χ1) is 8.46. The summed E-state index contributed by atoms with van der Waals surface area (Å²) in [6, 6.07) is 1.98. The van der Waals surface area contributed by atoms with Gasteiger partial charge in [-0.3, -0.25) is 4.68 Å². The van der Waals surface area contributed by atoms with Crippen LogP contribution in [0.4, 0.5) is 0 Å². The number of rotatable bonds is 4. The maximum Gasteiger partial charge on any atom is 0.107 e. The van der Waals surface area contributed by atoms with Crippen molar-refractivity contribution in [2.75, 3.05) is 6.54 Å². The molecule has 2 rings (SSSR count). The van der Waals surface area contributed by atoms with Crippen molar-refractivity contribution in [3.8, 4) is 11.4 Å². The molecule has 2 aromatic rings. The molecule has 0 saturated heterocycles. The summed E-state index contributed by atoms with van der Waals surface area (Å²) in [6.45, 7) is 7.41. The van der Waals surface area contributed by atoms with E-state index in [0.717, 1.165) is 30.2 Å². The average molecular weight is 247 g/mol. The Bertz CT molecular complexity index is 503. The highest BCUT2D eigenvalue weighted by Crippen LogP contribution is 2.15. The molecule has 98 valence electrons. The maximum absolute atomic E-state index is 4.40. The van der Waals surface area contributed by atoms with Crippen LogP contribution in [0.15, 0.2) is 18.5 Å². The number of nitrogens with one attached hydrogen (secondary N) is 2. The molecule has 0 saturated carbocycles. The fraction of sp³-hybridized carbons (Fsp3) is 0.538. The number of imidazole rings is 1. The Kier molecular flexibility index (Phi) is 3.52. The van der Waals surface area contributed by atoms with Crippen LogP contribution in [-0.4, -0.2) is 31.8 Å². The second-order valence-electron chi connectivity index (χ2n) is 5.51. The third kappa shape index (κ3) is 3.20. The highest BCUT2D eigenvalue weighted by Gasteiger charge is 2.10. The van der Waals surface area contributed by atoms with Crippen molar-refractivity contribution < 1.29 is 0 Å². The molecule has 0 aromatic carbocycles. The van der Waals surface area contributed by atoms with Crippen LogP contribution >= 0.6 is 0 Å². The number of hydrogen-bond donors (Lipinski definition) is 2. The molecular weight excluding hydrogens is 226 g/mol. The normalized spacial score (nSPS) is 12.0. The van der Waals surface area contributed by atoms with Crippen LogP contribution in [0, 0.1) is 0 Å². The van der Waals surface area contributed by atoms with Crippen LogP contribution in [-0.2, 0) is 13.5 Å². The standard InChI is InChI=1S/C13H21N5/c1-13(2,3)15-7-6-12-14-9-10(17-12)11-5-8-16-18(11)4/h5,8-9,15H,6-7H2,1-4H3,(H,14,17). The van der Waals surface area contributed by atoms with Crippen LogP contribution in [0.5, 0.6) is 0 Å². The van der Waals surface area contributed by atoms with Crippen molar-refractivity contribution in [2.24, 2.45) is 7.05 Å². The average Bonchev–Trinajstić information content (AvgIpc) is 2.84. The van der Waals surface area contributed by atoms with Crippen molar-refractivity contribution in [3.05, 3.63) is 24.3 Å². The van der Waals surface area contributed by atoms with Gasteiger partial charge in [-0.05, 0) is 26.8 Å². The number of aromatic amines is 1. The molecule has 2 aromatic heterocycles. The van der Waals surface area contributed by atoms with E-state index in [0.29, 0.717) is 0 Å². The predicted molar refractivity (Wildman–Crippen MR) is 72.2 cm³/mol. The molecule has 0 unspecified atom stereocenters. The minimum atomic E-state index is 0.150. The van der Waals surface area contributed by atoms with Crippen molar-refractivity contribution in [2.45, 2.75) is 32.7 Å². The second-order valence-corrected chi connectivity index (χ2v) is 5.51. The van der Waals surface area contributed by atoms with Gasteiger partial charge in [-0.2, -0.15) is 5.10 Å². The lowest BCUT2D eigenvalue weighted by atomic mass is 10.1. The summed E-state index contributed by atoms with van der Waals surface area (Å²) in [5.74, 6) is 1.00. The lowest BCUT2D eigenvalue weighted by molar-refractivity contribution is 0.427. The summed E-state index contributed by atoms with van der Waals surface area (Å²) in [4.78, 5) is 7.73. The lowest BCUT2D eigenvalue weighted by Gasteiger charge is -2.19. The third-order valence-electron chi connectivity index (χ3n) is 2.74. The van der Waals surface area contributed by atoms with E-state index in [1.165, 1.54) is 0 Å². The van der Waals surface area contributed by atoms with E-state index in [4.69, 9.17) is 0 Å². The molecule has 0 atom stereocenters. The van der Waals surface area contributed by atoms with E-state index in [-0.39, 0.29) is 5.54 Å². The molecule has 5 nitrogen and oxygen atoms in total. The summed E-state index contributed by atoms with van der Waals surface area (Å²) in [5.41, 5.74) is 2.22. The van der Waals surface area contributed by atoms with E-state index in [2.05, 4.69) is 41.2 Å². The summed E-state index contributed by atoms with van der Waals surface area (Å²) in [5, 5.41) is 7.60. The quantitative estimate of drug-likeness (QED) is 0.865. The first-order valence-electron chi connectivity index (χ1n) is 6.23. The highest BCUT2D eigenvalue weighted by molar-refractivity contribution is 5.52. The summed E-state index contributed by atoms with van der Waals surface area (Å²) in [7, 11) is 1.93. The largest absolute Gasteiger partial charge is 0.341 e. The number of hydrogen-bond acceptors (Lipinski definition) is 3. The van der Waals surface area contributed by atoms with Crippen LogP contribution in [0.25, 0.3) is 11.4 Å². The molecule has 18 heavy (non-hydrogen) atoms. The van der Waals surface area contributed by atoms with Crippen LogP contribution < -0.4 is 5.32 Å². The molecule has 5 heteroatoms.